The normalized spacial score (nSPS) is 26.7. The van der Waals surface area contributed by atoms with Gasteiger partial charge in [-0.1, -0.05) is 58.5 Å². The second kappa shape index (κ2) is 20.3. The van der Waals surface area contributed by atoms with Crippen LogP contribution in [0.5, 0.6) is 0 Å². The molecule has 0 bridgehead atoms. The number of carbonyl (C=O) groups excluding carboxylic acids is 2. The Kier molecular flexibility index (Phi) is 16.1. The molecule has 16 heteroatoms. The van der Waals surface area contributed by atoms with Gasteiger partial charge >= 0.3 is 0 Å². The summed E-state index contributed by atoms with van der Waals surface area (Å²) in [7, 11) is 3.18. The van der Waals surface area contributed by atoms with E-state index in [-0.39, 0.29) is 61.0 Å². The second-order valence-corrected chi connectivity index (χ2v) is 19.1. The number of benzene rings is 2. The number of methoxy groups -OCH3 is 2. The highest BCUT2D eigenvalue weighted by Gasteiger charge is 2.46. The number of amides is 2. The molecule has 2 saturated carbocycles. The SMILES string of the molecule is COC(C[C@]1(c2ccc(Cl)c(Cl)c2)CCC(=O)N(CC2CCC(F)(F)CC2)C1)OC.O=C1CC[C@](CC2OCCO2)(c2ccc(Cl)c(Cl)c2)CN1CC1CCC(F)(F)CC1. The van der Waals surface area contributed by atoms with E-state index >= 15 is 0 Å². The topological polar surface area (TPSA) is 77.5 Å². The van der Waals surface area contributed by atoms with E-state index in [0.717, 1.165) is 11.1 Å². The van der Waals surface area contributed by atoms with Crippen molar-refractivity contribution in [2.24, 2.45) is 11.8 Å². The van der Waals surface area contributed by atoms with Gasteiger partial charge < -0.3 is 28.7 Å². The highest BCUT2D eigenvalue weighted by molar-refractivity contribution is 6.42. The number of hydrogen-bond donors (Lipinski definition) is 0. The first kappa shape index (κ1) is 47.6. The molecule has 7 rings (SSSR count). The molecule has 0 N–H and O–H groups in total. The van der Waals surface area contributed by atoms with Gasteiger partial charge in [-0.05, 0) is 85.8 Å². The van der Waals surface area contributed by atoms with Gasteiger partial charge in [-0.25, -0.2) is 17.6 Å². The van der Waals surface area contributed by atoms with Crippen LogP contribution in [0.2, 0.25) is 20.1 Å². The van der Waals surface area contributed by atoms with Crippen molar-refractivity contribution in [1.29, 1.82) is 0 Å². The van der Waals surface area contributed by atoms with Crippen LogP contribution in [0.15, 0.2) is 36.4 Å². The Balaban J connectivity index is 0.000000201. The number of rotatable bonds is 12. The van der Waals surface area contributed by atoms with Crippen molar-refractivity contribution in [1.82, 2.24) is 9.80 Å². The summed E-state index contributed by atoms with van der Waals surface area (Å²) in [5.74, 6) is -4.79. The molecule has 3 aliphatic heterocycles. The number of alkyl halides is 4. The fourth-order valence-electron chi connectivity index (χ4n) is 9.71. The third-order valence-electron chi connectivity index (χ3n) is 13.4. The molecule has 5 aliphatic rings. The Hall–Kier alpha value is -1.90. The van der Waals surface area contributed by atoms with Crippen molar-refractivity contribution >= 4 is 58.2 Å². The maximum atomic E-state index is 13.5. The Morgan fingerprint density at radius 1 is 0.650 bits per heavy atom. The van der Waals surface area contributed by atoms with Crippen LogP contribution in [0.4, 0.5) is 17.6 Å². The van der Waals surface area contributed by atoms with E-state index in [9.17, 15) is 27.2 Å². The fourth-order valence-corrected chi connectivity index (χ4v) is 10.3. The third kappa shape index (κ3) is 12.0. The lowest BCUT2D eigenvalue weighted by Gasteiger charge is -2.45. The average Bonchev–Trinajstić information content (AvgIpc) is 3.73. The lowest BCUT2D eigenvalue weighted by Crippen LogP contribution is -2.52. The van der Waals surface area contributed by atoms with Crippen molar-refractivity contribution in [2.45, 2.75) is 125 Å². The van der Waals surface area contributed by atoms with Gasteiger partial charge in [0.25, 0.3) is 0 Å². The molecule has 2 aliphatic carbocycles. The summed E-state index contributed by atoms with van der Waals surface area (Å²) in [4.78, 5) is 29.2. The zero-order valence-electron chi connectivity index (χ0n) is 34.3. The Morgan fingerprint density at radius 3 is 1.50 bits per heavy atom. The summed E-state index contributed by atoms with van der Waals surface area (Å²) in [5, 5.41) is 1.88. The summed E-state index contributed by atoms with van der Waals surface area (Å²) in [5.41, 5.74) is 1.18. The number of likely N-dealkylation sites (tertiary alicyclic amines) is 2. The van der Waals surface area contributed by atoms with Gasteiger partial charge in [0.2, 0.25) is 23.7 Å². The first-order chi connectivity index (χ1) is 28.4. The lowest BCUT2D eigenvalue weighted by atomic mass is 9.71. The molecule has 2 atom stereocenters. The van der Waals surface area contributed by atoms with Crippen molar-refractivity contribution in [3.63, 3.8) is 0 Å². The quantitative estimate of drug-likeness (QED) is 0.156. The summed E-state index contributed by atoms with van der Waals surface area (Å²) in [6.45, 7) is 3.11. The molecule has 2 aromatic rings. The predicted molar refractivity (Wildman–Crippen MR) is 224 cm³/mol. The molecule has 60 heavy (non-hydrogen) atoms. The standard InChI is InChI=1S/C22H27Cl2F2NO3.C22H29Cl2F2NO3/c23-17-2-1-16(11-18(17)24)21(12-20-29-9-10-30-20)6-5-19(28)27(14-21)13-15-3-7-22(25,26)8-4-15;1-29-20(30-2)12-21(16-3-4-17(23)18(24)11-16)8-7-19(28)27(14-21)13-15-5-9-22(25,26)10-6-15/h1-2,11,15,20H,3-10,12-14H2;3-4,11,15,20H,5-10,12-14H2,1-2H3/t2*21-/m11/s1. The average molecular weight is 927 g/mol. The van der Waals surface area contributed by atoms with Crippen LogP contribution >= 0.6 is 46.4 Å². The van der Waals surface area contributed by atoms with Gasteiger partial charge in [0.15, 0.2) is 12.6 Å². The van der Waals surface area contributed by atoms with E-state index in [1.807, 2.05) is 34.1 Å². The van der Waals surface area contributed by atoms with Crippen molar-refractivity contribution in [3.8, 4) is 0 Å². The predicted octanol–water partition coefficient (Wildman–Crippen LogP) is 11.1. The third-order valence-corrected chi connectivity index (χ3v) is 14.8. The van der Waals surface area contributed by atoms with Crippen LogP contribution in [0.3, 0.4) is 0 Å². The minimum Gasteiger partial charge on any atom is -0.356 e. The van der Waals surface area contributed by atoms with Gasteiger partial charge in [0, 0.05) is 103 Å². The number of hydrogen-bond acceptors (Lipinski definition) is 6. The zero-order chi connectivity index (χ0) is 43.3. The van der Waals surface area contributed by atoms with E-state index in [2.05, 4.69) is 0 Å². The highest BCUT2D eigenvalue weighted by atomic mass is 35.5. The molecule has 0 aromatic heterocycles. The van der Waals surface area contributed by atoms with Gasteiger partial charge in [0.1, 0.15) is 0 Å². The number of halogens is 8. The maximum Gasteiger partial charge on any atom is 0.248 e. The summed E-state index contributed by atoms with van der Waals surface area (Å²) < 4.78 is 76.5. The number of ether oxygens (including phenoxy) is 4. The monoisotopic (exact) mass is 924 g/mol. The molecule has 0 unspecified atom stereocenters. The van der Waals surface area contributed by atoms with E-state index in [1.165, 1.54) is 0 Å². The maximum absolute atomic E-state index is 13.5. The number of carbonyl (C=O) groups is 2. The smallest absolute Gasteiger partial charge is 0.248 e. The fraction of sp³-hybridized carbons (Fsp3) is 0.682. The molecule has 0 spiro atoms. The second-order valence-electron chi connectivity index (χ2n) is 17.4. The Morgan fingerprint density at radius 2 is 1.07 bits per heavy atom. The molecule has 3 saturated heterocycles. The summed E-state index contributed by atoms with van der Waals surface area (Å²) in [6, 6.07) is 11.2. The highest BCUT2D eigenvalue weighted by Crippen LogP contribution is 2.45. The van der Waals surface area contributed by atoms with Crippen molar-refractivity contribution in [2.75, 3.05) is 53.6 Å². The van der Waals surface area contributed by atoms with Gasteiger partial charge in [0.05, 0.1) is 33.3 Å². The van der Waals surface area contributed by atoms with E-state index in [1.54, 1.807) is 26.4 Å². The molecule has 5 fully saturated rings. The largest absolute Gasteiger partial charge is 0.356 e. The Labute approximate surface area is 370 Å². The van der Waals surface area contributed by atoms with E-state index in [4.69, 9.17) is 65.4 Å². The number of piperidine rings is 2. The van der Waals surface area contributed by atoms with Crippen LogP contribution in [0.1, 0.15) is 101 Å². The van der Waals surface area contributed by atoms with Gasteiger partial charge in [-0.2, -0.15) is 0 Å². The van der Waals surface area contributed by atoms with Crippen LogP contribution in [-0.2, 0) is 39.4 Å². The summed E-state index contributed by atoms with van der Waals surface area (Å²) >= 11 is 24.9. The first-order valence-electron chi connectivity index (χ1n) is 21.0. The molecule has 3 heterocycles. The number of nitrogens with zero attached hydrogens (tertiary/aromatic N) is 2. The first-order valence-corrected chi connectivity index (χ1v) is 22.5. The molecule has 2 amide bonds. The van der Waals surface area contributed by atoms with Crippen LogP contribution in [-0.4, -0.2) is 99.7 Å². The van der Waals surface area contributed by atoms with Gasteiger partial charge in [-0.15, -0.1) is 0 Å². The van der Waals surface area contributed by atoms with Gasteiger partial charge in [-0.3, -0.25) is 9.59 Å². The van der Waals surface area contributed by atoms with E-state index in [0.29, 0.717) is 124 Å². The molecule has 334 valence electrons. The summed E-state index contributed by atoms with van der Waals surface area (Å²) in [6.07, 6.45) is 3.83. The van der Waals surface area contributed by atoms with Crippen LogP contribution < -0.4 is 0 Å². The zero-order valence-corrected chi connectivity index (χ0v) is 37.3. The molecule has 0 radical (unpaired) electrons. The molecular formula is C44H56Cl4F4N2O6. The minimum atomic E-state index is -2.57. The van der Waals surface area contributed by atoms with Crippen LogP contribution in [0.25, 0.3) is 0 Å². The van der Waals surface area contributed by atoms with Crippen LogP contribution in [0, 0.1) is 11.8 Å². The molecule has 8 nitrogen and oxygen atoms in total. The minimum absolute atomic E-state index is 0.0643. The molecular weight excluding hydrogens is 870 g/mol. The Bertz CT molecular complexity index is 1670. The lowest BCUT2D eigenvalue weighted by molar-refractivity contribution is -0.144. The van der Waals surface area contributed by atoms with Crippen molar-refractivity contribution < 1.29 is 46.1 Å². The van der Waals surface area contributed by atoms with Crippen molar-refractivity contribution in [3.05, 3.63) is 67.6 Å². The molecule has 2 aromatic carbocycles. The van der Waals surface area contributed by atoms with E-state index < -0.39 is 23.6 Å².